The Bertz CT molecular complexity index is 2460. The number of thiocarbonyl (C=S) groups is 1. The third-order valence-corrected chi connectivity index (χ3v) is 11.8. The normalized spacial score (nSPS) is 16.0. The van der Waals surface area contributed by atoms with Gasteiger partial charge in [-0.3, -0.25) is 10.6 Å². The largest absolute Gasteiger partial charge is 0.494 e. The van der Waals surface area contributed by atoms with Crippen LogP contribution in [0.15, 0.2) is 73.1 Å². The first-order valence-electron chi connectivity index (χ1n) is 18.9. The van der Waals surface area contributed by atoms with E-state index in [-0.39, 0.29) is 73.3 Å². The van der Waals surface area contributed by atoms with E-state index in [2.05, 4.69) is 30.9 Å². The number of hydrogen-bond donors (Lipinski definition) is 5. The molecule has 23 heteroatoms. The van der Waals surface area contributed by atoms with Crippen molar-refractivity contribution in [2.45, 2.75) is 49.2 Å². The van der Waals surface area contributed by atoms with E-state index in [1.165, 1.54) is 65.8 Å². The predicted octanol–water partition coefficient (Wildman–Crippen LogP) is 8.39. The molecule has 0 bridgehead atoms. The van der Waals surface area contributed by atoms with E-state index in [0.717, 1.165) is 24.3 Å². The zero-order valence-corrected chi connectivity index (χ0v) is 35.7. The number of aliphatic hydroxyl groups is 2. The second kappa shape index (κ2) is 19.1. The Kier molecular flexibility index (Phi) is 14.2. The van der Waals surface area contributed by atoms with Gasteiger partial charge in [0.1, 0.15) is 27.5 Å². The number of urea groups is 2. The van der Waals surface area contributed by atoms with Gasteiger partial charge in [-0.15, -0.1) is 0 Å². The predicted molar refractivity (Wildman–Crippen MR) is 226 cm³/mol. The third kappa shape index (κ3) is 11.2. The molecule has 14 nitrogen and oxygen atoms in total. The molecular weight excluding hydrogens is 902 g/mol. The summed E-state index contributed by atoms with van der Waals surface area (Å²) < 4.78 is 88.4. The number of hydrogen-bond acceptors (Lipinski definition) is 11. The van der Waals surface area contributed by atoms with Gasteiger partial charge in [-0.25, -0.2) is 24.5 Å². The fourth-order valence-electron chi connectivity index (χ4n) is 6.93. The summed E-state index contributed by atoms with van der Waals surface area (Å²) in [5, 5.41) is 30.2. The van der Waals surface area contributed by atoms with Gasteiger partial charge in [0.15, 0.2) is 15.4 Å². The molecule has 63 heavy (non-hydrogen) atoms. The first-order chi connectivity index (χ1) is 29.7. The number of thiazole rings is 1. The van der Waals surface area contributed by atoms with E-state index in [1.54, 1.807) is 18.3 Å². The number of fused-ring (bicyclic) bond motifs is 1. The Balaban J connectivity index is 0.000000210. The number of nitrogens with one attached hydrogen (secondary N) is 3. The molecule has 7 rings (SSSR count). The lowest BCUT2D eigenvalue weighted by Gasteiger charge is -2.38. The second-order valence-corrected chi connectivity index (χ2v) is 16.1. The molecule has 5 aromatic rings. The smallest absolute Gasteiger partial charge is 0.416 e. The van der Waals surface area contributed by atoms with Crippen molar-refractivity contribution in [3.8, 4) is 11.5 Å². The summed E-state index contributed by atoms with van der Waals surface area (Å²) in [6.07, 6.45) is -5.56. The van der Waals surface area contributed by atoms with Gasteiger partial charge in [-0.05, 0) is 73.3 Å². The lowest BCUT2D eigenvalue weighted by Crippen LogP contribution is -2.50. The summed E-state index contributed by atoms with van der Waals surface area (Å²) in [5.74, 6) is 0.927. The molecule has 336 valence electrons. The number of halogens is 7. The molecule has 2 aliphatic rings. The SMILES string of the molecule is COc1ccnc(Cl)c1NC(=S)NC(=O)N1CCC(O)(c2cccc(C(F)(F)F)c2)CC1.COc1ccnc2sc(NC(=O)N3CCC(O)(c4cccc(C(F)(F)F)c4)CC3)nc12. The summed E-state index contributed by atoms with van der Waals surface area (Å²) >= 11 is 12.4. The average Bonchev–Trinajstić information content (AvgIpc) is 3.67. The molecule has 5 heterocycles. The zero-order valence-electron chi connectivity index (χ0n) is 33.3. The number of aromatic nitrogens is 3. The van der Waals surface area contributed by atoms with Gasteiger partial charge in [-0.2, -0.15) is 26.3 Å². The molecule has 0 unspecified atom stereocenters. The van der Waals surface area contributed by atoms with E-state index in [9.17, 15) is 46.1 Å². The molecule has 2 saturated heterocycles. The minimum Gasteiger partial charge on any atom is -0.494 e. The number of alkyl halides is 6. The maximum atomic E-state index is 13.0. The number of piperidine rings is 2. The van der Waals surface area contributed by atoms with E-state index in [0.29, 0.717) is 32.7 Å². The molecule has 4 amide bonds. The Morgan fingerprint density at radius 2 is 1.25 bits per heavy atom. The second-order valence-electron chi connectivity index (χ2n) is 14.4. The number of pyridine rings is 2. The molecule has 5 N–H and O–H groups in total. The zero-order chi connectivity index (χ0) is 45.7. The van der Waals surface area contributed by atoms with Crippen LogP contribution in [0.25, 0.3) is 10.3 Å². The average molecular weight is 941 g/mol. The monoisotopic (exact) mass is 940 g/mol. The highest BCUT2D eigenvalue weighted by molar-refractivity contribution is 7.80. The molecule has 2 aromatic carbocycles. The van der Waals surface area contributed by atoms with Gasteiger partial charge >= 0.3 is 24.4 Å². The first-order valence-corrected chi connectivity index (χ1v) is 20.5. The summed E-state index contributed by atoms with van der Waals surface area (Å²) in [6, 6.07) is 11.6. The molecule has 0 atom stereocenters. The molecule has 2 aliphatic heterocycles. The van der Waals surface area contributed by atoms with Crippen LogP contribution in [0, 0.1) is 0 Å². The van der Waals surface area contributed by atoms with E-state index < -0.39 is 46.7 Å². The highest BCUT2D eigenvalue weighted by Crippen LogP contribution is 2.39. The molecular formula is C40H39ClF6N8O6S2. The van der Waals surface area contributed by atoms with Crippen molar-refractivity contribution in [3.05, 3.63) is 100 Å². The molecule has 2 fully saturated rings. The van der Waals surface area contributed by atoms with Crippen LogP contribution in [-0.2, 0) is 23.6 Å². The minimum absolute atomic E-state index is 0.0399. The van der Waals surface area contributed by atoms with Gasteiger partial charge < -0.3 is 34.8 Å². The topological polar surface area (TPSA) is 174 Å². The summed E-state index contributed by atoms with van der Waals surface area (Å²) in [4.78, 5) is 41.2. The van der Waals surface area contributed by atoms with Gasteiger partial charge in [-0.1, -0.05) is 47.2 Å². The van der Waals surface area contributed by atoms with Crippen molar-refractivity contribution < 1.29 is 55.6 Å². The number of carbonyl (C=O) groups is 2. The van der Waals surface area contributed by atoms with Crippen molar-refractivity contribution in [2.24, 2.45) is 0 Å². The Labute approximate surface area is 370 Å². The fourth-order valence-corrected chi connectivity index (χ4v) is 8.13. The lowest BCUT2D eigenvalue weighted by molar-refractivity contribution is -0.138. The van der Waals surface area contributed by atoms with E-state index in [1.807, 2.05) is 0 Å². The number of benzene rings is 2. The number of amides is 4. The summed E-state index contributed by atoms with van der Waals surface area (Å²) in [5.41, 5.74) is -3.32. The van der Waals surface area contributed by atoms with Crippen LogP contribution < -0.4 is 25.4 Å². The summed E-state index contributed by atoms with van der Waals surface area (Å²) in [7, 11) is 2.96. The quantitative estimate of drug-likeness (QED) is 0.0629. The Morgan fingerprint density at radius 3 is 1.76 bits per heavy atom. The number of methoxy groups -OCH3 is 2. The maximum absolute atomic E-state index is 13.0. The van der Waals surface area contributed by atoms with Gasteiger partial charge in [0.2, 0.25) is 0 Å². The number of likely N-dealkylation sites (tertiary alicyclic amines) is 2. The van der Waals surface area contributed by atoms with Crippen LogP contribution in [0.2, 0.25) is 5.15 Å². The van der Waals surface area contributed by atoms with Crippen LogP contribution in [0.3, 0.4) is 0 Å². The molecule has 0 saturated carbocycles. The number of anilines is 2. The highest BCUT2D eigenvalue weighted by Gasteiger charge is 2.40. The van der Waals surface area contributed by atoms with Crippen molar-refractivity contribution >= 4 is 73.5 Å². The third-order valence-electron chi connectivity index (χ3n) is 10.4. The highest BCUT2D eigenvalue weighted by atomic mass is 35.5. The number of ether oxygens (including phenoxy) is 2. The van der Waals surface area contributed by atoms with Crippen LogP contribution in [0.5, 0.6) is 11.5 Å². The summed E-state index contributed by atoms with van der Waals surface area (Å²) in [6.45, 7) is 0.617. The maximum Gasteiger partial charge on any atom is 0.416 e. The standard InChI is InChI=1S/C20H20ClF3N4O3S.C20H19F3N4O3S/c1-31-14-5-8-25-16(21)15(14)26-17(32)27-18(29)28-9-6-19(30,7-10-28)12-3-2-4-13(11-12)20(22,23)24;1-30-14-5-8-24-16-15(14)25-17(31-16)26-18(28)27-9-6-19(29,7-10-27)12-3-2-4-13(11-12)20(21,22)23/h2-5,8,11,30H,6-7,9-10H2,1H3,(H2,26,27,29,32);2-5,8,11,29H,6-7,9-10H2,1H3,(H,25,26,28). The Morgan fingerprint density at radius 1 is 0.762 bits per heavy atom. The van der Waals surface area contributed by atoms with Crippen molar-refractivity contribution in [1.29, 1.82) is 0 Å². The number of rotatable bonds is 6. The molecule has 0 aliphatic carbocycles. The molecule has 0 spiro atoms. The molecule has 3 aromatic heterocycles. The van der Waals surface area contributed by atoms with E-state index in [4.69, 9.17) is 33.3 Å². The van der Waals surface area contributed by atoms with Crippen LogP contribution in [0.4, 0.5) is 46.8 Å². The first kappa shape index (κ1) is 46.9. The van der Waals surface area contributed by atoms with Crippen molar-refractivity contribution in [1.82, 2.24) is 30.1 Å². The van der Waals surface area contributed by atoms with Crippen molar-refractivity contribution in [2.75, 3.05) is 51.0 Å². The van der Waals surface area contributed by atoms with Crippen molar-refractivity contribution in [3.63, 3.8) is 0 Å². The minimum atomic E-state index is -4.50. The number of carbonyl (C=O) groups excluding carboxylic acids is 2. The fraction of sp³-hybridized carbons (Fsp3) is 0.350. The van der Waals surface area contributed by atoms with E-state index >= 15 is 0 Å². The van der Waals surface area contributed by atoms with Crippen LogP contribution in [0.1, 0.15) is 47.9 Å². The van der Waals surface area contributed by atoms with Gasteiger partial charge in [0.05, 0.1) is 36.5 Å². The molecule has 0 radical (unpaired) electrons. The number of nitrogens with zero attached hydrogens (tertiary/aromatic N) is 5. The Hall–Kier alpha value is -5.55. The lowest BCUT2D eigenvalue weighted by atomic mass is 9.84. The van der Waals surface area contributed by atoms with Gasteiger partial charge in [0.25, 0.3) is 0 Å². The van der Waals surface area contributed by atoms with Gasteiger partial charge in [0, 0.05) is 50.7 Å². The van der Waals surface area contributed by atoms with Crippen LogP contribution >= 0.6 is 35.2 Å². The van der Waals surface area contributed by atoms with Crippen LogP contribution in [-0.4, -0.2) is 92.5 Å².